The van der Waals surface area contributed by atoms with Gasteiger partial charge in [0.05, 0.1) is 0 Å². The highest BCUT2D eigenvalue weighted by Crippen LogP contribution is 2.17. The zero-order valence-electron chi connectivity index (χ0n) is 11.9. The Bertz CT molecular complexity index is 439. The molecular formula is C14H22N4O. The average Bonchev–Trinajstić information content (AvgIpc) is 2.46. The van der Waals surface area contributed by atoms with Crippen LogP contribution in [0.2, 0.25) is 0 Å². The van der Waals surface area contributed by atoms with E-state index in [2.05, 4.69) is 29.3 Å². The Hall–Kier alpha value is -1.62. The molecule has 0 bridgehead atoms. The Morgan fingerprint density at radius 1 is 1.42 bits per heavy atom. The zero-order chi connectivity index (χ0) is 13.8. The third kappa shape index (κ3) is 3.23. The minimum Gasteiger partial charge on any atom is -0.388 e. The third-order valence-electron chi connectivity index (χ3n) is 3.75. The van der Waals surface area contributed by atoms with Gasteiger partial charge in [0.15, 0.2) is 0 Å². The summed E-state index contributed by atoms with van der Waals surface area (Å²) in [4.78, 5) is 20.7. The number of pyridine rings is 1. The fraction of sp³-hybridized carbons (Fsp3) is 0.571. The number of aromatic nitrogens is 1. The summed E-state index contributed by atoms with van der Waals surface area (Å²) in [5, 5.41) is 3.03. The molecule has 1 amide bonds. The lowest BCUT2D eigenvalue weighted by atomic mass is 10.0. The van der Waals surface area contributed by atoms with Crippen molar-refractivity contribution in [2.45, 2.75) is 18.9 Å². The van der Waals surface area contributed by atoms with Crippen molar-refractivity contribution in [3.05, 3.63) is 24.0 Å². The first-order valence-corrected chi connectivity index (χ1v) is 6.71. The molecule has 1 aromatic rings. The minimum absolute atomic E-state index is 0.0364. The van der Waals surface area contributed by atoms with Crippen molar-refractivity contribution in [1.82, 2.24) is 14.8 Å². The highest BCUT2D eigenvalue weighted by molar-refractivity contribution is 5.93. The van der Waals surface area contributed by atoms with Crippen LogP contribution < -0.4 is 5.32 Å². The SMILES string of the molecule is CNc1ccnc(C(=O)N2CCC(N(C)C)CC2)c1. The maximum atomic E-state index is 12.4. The lowest BCUT2D eigenvalue weighted by Crippen LogP contribution is -2.44. The summed E-state index contributed by atoms with van der Waals surface area (Å²) in [7, 11) is 6.03. The van der Waals surface area contributed by atoms with Crippen LogP contribution in [0.5, 0.6) is 0 Å². The number of hydrogen-bond donors (Lipinski definition) is 1. The Labute approximate surface area is 114 Å². The molecule has 0 saturated carbocycles. The summed E-state index contributed by atoms with van der Waals surface area (Å²) in [6.07, 6.45) is 3.74. The minimum atomic E-state index is 0.0364. The van der Waals surface area contributed by atoms with E-state index >= 15 is 0 Å². The van der Waals surface area contributed by atoms with Crippen molar-refractivity contribution in [3.8, 4) is 0 Å². The van der Waals surface area contributed by atoms with Gasteiger partial charge in [-0.15, -0.1) is 0 Å². The van der Waals surface area contributed by atoms with Gasteiger partial charge >= 0.3 is 0 Å². The topological polar surface area (TPSA) is 48.5 Å². The zero-order valence-corrected chi connectivity index (χ0v) is 11.9. The number of nitrogens with zero attached hydrogens (tertiary/aromatic N) is 3. The quantitative estimate of drug-likeness (QED) is 0.891. The molecule has 0 unspecified atom stereocenters. The summed E-state index contributed by atoms with van der Waals surface area (Å²) in [5.41, 5.74) is 1.44. The molecule has 1 aliphatic rings. The number of likely N-dealkylation sites (tertiary alicyclic amines) is 1. The van der Waals surface area contributed by atoms with Gasteiger partial charge in [-0.1, -0.05) is 0 Å². The van der Waals surface area contributed by atoms with E-state index < -0.39 is 0 Å². The van der Waals surface area contributed by atoms with Gasteiger partial charge in [0, 0.05) is 38.1 Å². The Balaban J connectivity index is 2.01. The van der Waals surface area contributed by atoms with Crippen LogP contribution in [0.3, 0.4) is 0 Å². The molecule has 2 rings (SSSR count). The molecule has 2 heterocycles. The summed E-state index contributed by atoms with van der Waals surface area (Å²) in [6.45, 7) is 1.63. The number of piperidine rings is 1. The average molecular weight is 262 g/mol. The van der Waals surface area contributed by atoms with Crippen molar-refractivity contribution in [2.75, 3.05) is 39.5 Å². The molecule has 0 spiro atoms. The van der Waals surface area contributed by atoms with Gasteiger partial charge in [0.2, 0.25) is 0 Å². The van der Waals surface area contributed by atoms with E-state index in [0.717, 1.165) is 31.6 Å². The number of carbonyl (C=O) groups is 1. The highest BCUT2D eigenvalue weighted by atomic mass is 16.2. The summed E-state index contributed by atoms with van der Waals surface area (Å²) in [5.74, 6) is 0.0364. The lowest BCUT2D eigenvalue weighted by Gasteiger charge is -2.35. The van der Waals surface area contributed by atoms with Gasteiger partial charge in [0.25, 0.3) is 5.91 Å². The van der Waals surface area contributed by atoms with Crippen LogP contribution in [0.4, 0.5) is 5.69 Å². The molecular weight excluding hydrogens is 240 g/mol. The molecule has 5 nitrogen and oxygen atoms in total. The molecule has 19 heavy (non-hydrogen) atoms. The second kappa shape index (κ2) is 6.02. The molecule has 0 aliphatic carbocycles. The number of amides is 1. The van der Waals surface area contributed by atoms with Crippen LogP contribution in [0.25, 0.3) is 0 Å². The normalized spacial score (nSPS) is 16.7. The standard InChI is InChI=1S/C14H22N4O/c1-15-11-4-7-16-13(10-11)14(19)18-8-5-12(6-9-18)17(2)3/h4,7,10,12H,5-6,8-9H2,1-3H3,(H,15,16). The van der Waals surface area contributed by atoms with Crippen molar-refractivity contribution in [2.24, 2.45) is 0 Å². The van der Waals surface area contributed by atoms with Crippen molar-refractivity contribution >= 4 is 11.6 Å². The highest BCUT2D eigenvalue weighted by Gasteiger charge is 2.25. The number of rotatable bonds is 3. The molecule has 104 valence electrons. The van der Waals surface area contributed by atoms with E-state index in [1.165, 1.54) is 0 Å². The van der Waals surface area contributed by atoms with Crippen LogP contribution in [-0.4, -0.2) is 61.0 Å². The number of carbonyl (C=O) groups excluding carboxylic acids is 1. The Kier molecular flexibility index (Phi) is 4.37. The first-order valence-electron chi connectivity index (χ1n) is 6.71. The van der Waals surface area contributed by atoms with E-state index in [0.29, 0.717) is 11.7 Å². The van der Waals surface area contributed by atoms with Crippen LogP contribution >= 0.6 is 0 Å². The van der Waals surface area contributed by atoms with Crippen molar-refractivity contribution in [1.29, 1.82) is 0 Å². The maximum absolute atomic E-state index is 12.4. The number of hydrogen-bond acceptors (Lipinski definition) is 4. The molecule has 5 heteroatoms. The predicted molar refractivity (Wildman–Crippen MR) is 76.4 cm³/mol. The van der Waals surface area contributed by atoms with Crippen LogP contribution in [-0.2, 0) is 0 Å². The predicted octanol–water partition coefficient (Wildman–Crippen LogP) is 1.29. The van der Waals surface area contributed by atoms with Gasteiger partial charge in [-0.25, -0.2) is 0 Å². The third-order valence-corrected chi connectivity index (χ3v) is 3.75. The van der Waals surface area contributed by atoms with E-state index in [1.807, 2.05) is 18.0 Å². The van der Waals surface area contributed by atoms with E-state index in [1.54, 1.807) is 12.3 Å². The Morgan fingerprint density at radius 3 is 2.68 bits per heavy atom. The first kappa shape index (κ1) is 13.8. The summed E-state index contributed by atoms with van der Waals surface area (Å²) < 4.78 is 0. The molecule has 1 aliphatic heterocycles. The summed E-state index contributed by atoms with van der Waals surface area (Å²) >= 11 is 0. The van der Waals surface area contributed by atoms with Gasteiger partial charge in [-0.05, 0) is 39.1 Å². The molecule has 1 aromatic heterocycles. The van der Waals surface area contributed by atoms with Crippen molar-refractivity contribution < 1.29 is 4.79 Å². The van der Waals surface area contributed by atoms with E-state index in [9.17, 15) is 4.79 Å². The van der Waals surface area contributed by atoms with Crippen LogP contribution in [0.15, 0.2) is 18.3 Å². The molecule has 1 N–H and O–H groups in total. The van der Waals surface area contributed by atoms with E-state index in [4.69, 9.17) is 0 Å². The van der Waals surface area contributed by atoms with Gasteiger partial charge in [0.1, 0.15) is 5.69 Å². The fourth-order valence-corrected chi connectivity index (χ4v) is 2.45. The second-order valence-corrected chi connectivity index (χ2v) is 5.17. The maximum Gasteiger partial charge on any atom is 0.272 e. The number of nitrogens with one attached hydrogen (secondary N) is 1. The largest absolute Gasteiger partial charge is 0.388 e. The van der Waals surface area contributed by atoms with Crippen LogP contribution in [0.1, 0.15) is 23.3 Å². The second-order valence-electron chi connectivity index (χ2n) is 5.17. The number of anilines is 1. The van der Waals surface area contributed by atoms with Crippen molar-refractivity contribution in [3.63, 3.8) is 0 Å². The molecule has 0 aromatic carbocycles. The molecule has 0 atom stereocenters. The van der Waals surface area contributed by atoms with Gasteiger partial charge in [-0.3, -0.25) is 9.78 Å². The monoisotopic (exact) mass is 262 g/mol. The molecule has 0 radical (unpaired) electrons. The van der Waals surface area contributed by atoms with Gasteiger partial charge < -0.3 is 15.1 Å². The Morgan fingerprint density at radius 2 is 2.11 bits per heavy atom. The smallest absolute Gasteiger partial charge is 0.272 e. The first-order chi connectivity index (χ1) is 9.11. The van der Waals surface area contributed by atoms with Gasteiger partial charge in [-0.2, -0.15) is 0 Å². The summed E-state index contributed by atoms with van der Waals surface area (Å²) in [6, 6.07) is 4.25. The molecule has 1 fully saturated rings. The fourth-order valence-electron chi connectivity index (χ4n) is 2.45. The molecule has 1 saturated heterocycles. The lowest BCUT2D eigenvalue weighted by molar-refractivity contribution is 0.0657. The van der Waals surface area contributed by atoms with Crippen LogP contribution in [0, 0.1) is 0 Å². The van der Waals surface area contributed by atoms with E-state index in [-0.39, 0.29) is 5.91 Å².